The molecule has 0 bridgehead atoms. The van der Waals surface area contributed by atoms with Gasteiger partial charge < -0.3 is 50.3 Å². The summed E-state index contributed by atoms with van der Waals surface area (Å²) in [5, 5.41) is 78.2. The standard InChI is InChI=1S/C12H22O10/c13-1-5-7(16)10(18)12(20,3-22-5)11(19)9-8(17)6(15)4(14)2-21-9/h4-11,13-20H,1-3H2/t4-,5+,6+,7+,8-,9-,10-,11?,12+/m0/s1. The van der Waals surface area contributed by atoms with Gasteiger partial charge in [0.05, 0.1) is 19.8 Å². The maximum Gasteiger partial charge on any atom is 0.145 e. The number of aliphatic hydroxyl groups excluding tert-OH is 7. The Balaban J connectivity index is 2.15. The lowest BCUT2D eigenvalue weighted by molar-refractivity contribution is -0.298. The van der Waals surface area contributed by atoms with Crippen molar-refractivity contribution in [2.75, 3.05) is 19.8 Å². The molecule has 0 aliphatic carbocycles. The van der Waals surface area contributed by atoms with E-state index in [1.165, 1.54) is 0 Å². The molecule has 8 N–H and O–H groups in total. The average molecular weight is 326 g/mol. The second kappa shape index (κ2) is 6.61. The SMILES string of the molecule is OC[C@H]1OC[C@](O)(C(O)[C@H]2OC[C@H](O)[C@@H](O)[C@@H]2O)[C@@H](O)[C@@H]1O. The summed E-state index contributed by atoms with van der Waals surface area (Å²) in [4.78, 5) is 0. The summed E-state index contributed by atoms with van der Waals surface area (Å²) in [6.45, 7) is -1.63. The smallest absolute Gasteiger partial charge is 0.145 e. The molecule has 2 fully saturated rings. The van der Waals surface area contributed by atoms with Gasteiger partial charge in [-0.2, -0.15) is 0 Å². The molecule has 1 unspecified atom stereocenters. The third-order valence-electron chi connectivity index (χ3n) is 4.29. The van der Waals surface area contributed by atoms with Crippen LogP contribution in [0.3, 0.4) is 0 Å². The van der Waals surface area contributed by atoms with E-state index in [-0.39, 0.29) is 0 Å². The third kappa shape index (κ3) is 2.87. The molecule has 2 rings (SSSR count). The van der Waals surface area contributed by atoms with Crippen LogP contribution in [0.1, 0.15) is 0 Å². The highest BCUT2D eigenvalue weighted by molar-refractivity contribution is 5.06. The van der Waals surface area contributed by atoms with Crippen LogP contribution in [0.4, 0.5) is 0 Å². The molecule has 0 amide bonds. The van der Waals surface area contributed by atoms with Crippen molar-refractivity contribution in [3.05, 3.63) is 0 Å². The van der Waals surface area contributed by atoms with E-state index in [0.717, 1.165) is 0 Å². The number of aliphatic hydroxyl groups is 8. The molecule has 2 heterocycles. The summed E-state index contributed by atoms with van der Waals surface area (Å²) >= 11 is 0. The van der Waals surface area contributed by atoms with Gasteiger partial charge >= 0.3 is 0 Å². The lowest BCUT2D eigenvalue weighted by Gasteiger charge is -2.48. The van der Waals surface area contributed by atoms with Gasteiger partial charge in [0.2, 0.25) is 0 Å². The van der Waals surface area contributed by atoms with E-state index in [1.54, 1.807) is 0 Å². The maximum atomic E-state index is 10.4. The molecule has 0 aromatic rings. The number of rotatable bonds is 3. The fraction of sp³-hybridized carbons (Fsp3) is 1.00. The average Bonchev–Trinajstić information content (AvgIpc) is 2.50. The van der Waals surface area contributed by atoms with Crippen LogP contribution in [0, 0.1) is 0 Å². The first-order chi connectivity index (χ1) is 10.2. The Morgan fingerprint density at radius 2 is 1.64 bits per heavy atom. The molecule has 130 valence electrons. The minimum atomic E-state index is -2.39. The lowest BCUT2D eigenvalue weighted by atomic mass is 9.79. The first-order valence-corrected chi connectivity index (χ1v) is 6.89. The molecule has 22 heavy (non-hydrogen) atoms. The Morgan fingerprint density at radius 1 is 1.00 bits per heavy atom. The summed E-state index contributed by atoms with van der Waals surface area (Å²) in [6.07, 6.45) is -12.8. The molecule has 10 nitrogen and oxygen atoms in total. The van der Waals surface area contributed by atoms with Crippen molar-refractivity contribution in [2.45, 2.75) is 54.4 Å². The second-order valence-corrected chi connectivity index (χ2v) is 5.75. The predicted molar refractivity (Wildman–Crippen MR) is 67.6 cm³/mol. The zero-order valence-corrected chi connectivity index (χ0v) is 11.6. The number of hydrogen-bond acceptors (Lipinski definition) is 10. The summed E-state index contributed by atoms with van der Waals surface area (Å²) in [5.41, 5.74) is -2.39. The molecule has 0 radical (unpaired) electrons. The van der Waals surface area contributed by atoms with Gasteiger partial charge in [0.1, 0.15) is 54.4 Å². The Labute approximate surface area is 125 Å². The maximum absolute atomic E-state index is 10.4. The summed E-state index contributed by atoms with van der Waals surface area (Å²) in [5.74, 6) is 0. The van der Waals surface area contributed by atoms with Gasteiger partial charge in [-0.05, 0) is 0 Å². The van der Waals surface area contributed by atoms with Crippen LogP contribution in [0.2, 0.25) is 0 Å². The van der Waals surface area contributed by atoms with Crippen LogP contribution in [0.15, 0.2) is 0 Å². The Morgan fingerprint density at radius 3 is 2.23 bits per heavy atom. The minimum Gasteiger partial charge on any atom is -0.394 e. The highest BCUT2D eigenvalue weighted by Gasteiger charge is 2.57. The quantitative estimate of drug-likeness (QED) is 0.249. The molecule has 2 aliphatic rings. The second-order valence-electron chi connectivity index (χ2n) is 5.75. The molecule has 10 heteroatoms. The fourth-order valence-corrected chi connectivity index (χ4v) is 2.74. The van der Waals surface area contributed by atoms with Crippen LogP contribution >= 0.6 is 0 Å². The van der Waals surface area contributed by atoms with E-state index >= 15 is 0 Å². The largest absolute Gasteiger partial charge is 0.394 e. The molecule has 0 saturated carbocycles. The van der Waals surface area contributed by atoms with Gasteiger partial charge in [-0.25, -0.2) is 0 Å². The fourth-order valence-electron chi connectivity index (χ4n) is 2.74. The van der Waals surface area contributed by atoms with Gasteiger partial charge in [-0.3, -0.25) is 0 Å². The van der Waals surface area contributed by atoms with Crippen molar-refractivity contribution in [3.63, 3.8) is 0 Å². The van der Waals surface area contributed by atoms with Crippen LogP contribution < -0.4 is 0 Å². The van der Waals surface area contributed by atoms with E-state index in [9.17, 15) is 35.7 Å². The zero-order chi connectivity index (χ0) is 16.7. The van der Waals surface area contributed by atoms with Crippen molar-refractivity contribution in [1.82, 2.24) is 0 Å². The van der Waals surface area contributed by atoms with E-state index in [0.29, 0.717) is 0 Å². The van der Waals surface area contributed by atoms with Crippen LogP contribution in [0.25, 0.3) is 0 Å². The summed E-state index contributed by atoms with van der Waals surface area (Å²) < 4.78 is 10.0. The molecule has 0 aromatic heterocycles. The van der Waals surface area contributed by atoms with Gasteiger partial charge in [0.15, 0.2) is 0 Å². The van der Waals surface area contributed by atoms with E-state index < -0.39 is 74.3 Å². The van der Waals surface area contributed by atoms with Crippen molar-refractivity contribution >= 4 is 0 Å². The molecule has 0 spiro atoms. The lowest BCUT2D eigenvalue weighted by Crippen LogP contribution is -2.71. The minimum absolute atomic E-state index is 0.394. The van der Waals surface area contributed by atoms with Gasteiger partial charge in [-0.15, -0.1) is 0 Å². The predicted octanol–water partition coefficient (Wildman–Crippen LogP) is -5.33. The Kier molecular flexibility index (Phi) is 5.39. The molecular weight excluding hydrogens is 304 g/mol. The van der Waals surface area contributed by atoms with Crippen molar-refractivity contribution in [1.29, 1.82) is 0 Å². The van der Waals surface area contributed by atoms with E-state index in [4.69, 9.17) is 14.6 Å². The summed E-state index contributed by atoms with van der Waals surface area (Å²) in [6, 6.07) is 0. The number of hydrogen-bond donors (Lipinski definition) is 8. The van der Waals surface area contributed by atoms with E-state index in [2.05, 4.69) is 0 Å². The monoisotopic (exact) mass is 326 g/mol. The van der Waals surface area contributed by atoms with Crippen LogP contribution in [0.5, 0.6) is 0 Å². The first kappa shape index (κ1) is 17.9. The van der Waals surface area contributed by atoms with Gasteiger partial charge in [0, 0.05) is 0 Å². The normalized spacial score (nSPS) is 51.5. The highest BCUT2D eigenvalue weighted by Crippen LogP contribution is 2.32. The molecule has 0 aromatic carbocycles. The third-order valence-corrected chi connectivity index (χ3v) is 4.29. The Bertz CT molecular complexity index is 381. The highest BCUT2D eigenvalue weighted by atomic mass is 16.6. The van der Waals surface area contributed by atoms with Crippen LogP contribution in [-0.2, 0) is 9.47 Å². The number of ether oxygens (including phenoxy) is 2. The Hall–Kier alpha value is -0.400. The topological polar surface area (TPSA) is 180 Å². The van der Waals surface area contributed by atoms with Crippen LogP contribution in [-0.4, -0.2) is 115 Å². The molecule has 9 atom stereocenters. The molecule has 2 saturated heterocycles. The molecular formula is C12H22O10. The van der Waals surface area contributed by atoms with Gasteiger partial charge in [-0.1, -0.05) is 0 Å². The zero-order valence-electron chi connectivity index (χ0n) is 11.6. The first-order valence-electron chi connectivity index (χ1n) is 6.89. The summed E-state index contributed by atoms with van der Waals surface area (Å²) in [7, 11) is 0. The molecule has 2 aliphatic heterocycles. The van der Waals surface area contributed by atoms with Crippen molar-refractivity contribution < 1.29 is 50.3 Å². The van der Waals surface area contributed by atoms with E-state index in [1.807, 2.05) is 0 Å². The van der Waals surface area contributed by atoms with Crippen molar-refractivity contribution in [3.8, 4) is 0 Å². The van der Waals surface area contributed by atoms with Gasteiger partial charge in [0.25, 0.3) is 0 Å². The van der Waals surface area contributed by atoms with Crippen molar-refractivity contribution in [2.24, 2.45) is 0 Å².